The van der Waals surface area contributed by atoms with E-state index in [1.54, 1.807) is 16.6 Å². The van der Waals surface area contributed by atoms with Gasteiger partial charge in [-0.1, -0.05) is 23.7 Å². The molecule has 0 radical (unpaired) electrons. The second kappa shape index (κ2) is 5.30. The minimum Gasteiger partial charge on any atom is -0.351 e. The number of rotatable bonds is 3. The molecule has 0 aliphatic rings. The molecule has 4 aromatic rings. The summed E-state index contributed by atoms with van der Waals surface area (Å²) in [7, 11) is 0. The van der Waals surface area contributed by atoms with Crippen molar-refractivity contribution in [2.75, 3.05) is 5.32 Å². The summed E-state index contributed by atoms with van der Waals surface area (Å²) < 4.78 is 1.79. The maximum Gasteiger partial charge on any atom is 0.253 e. The van der Waals surface area contributed by atoms with Crippen LogP contribution in [-0.4, -0.2) is 19.6 Å². The molecule has 0 unspecified atom stereocenters. The van der Waals surface area contributed by atoms with E-state index >= 15 is 0 Å². The van der Waals surface area contributed by atoms with Gasteiger partial charge in [0.2, 0.25) is 5.95 Å². The summed E-state index contributed by atoms with van der Waals surface area (Å²) >= 11 is 5.87. The quantitative estimate of drug-likeness (QED) is 0.606. The third-order valence-electron chi connectivity index (χ3n) is 3.57. The van der Waals surface area contributed by atoms with Crippen LogP contribution in [0.15, 0.2) is 42.5 Å². The summed E-state index contributed by atoms with van der Waals surface area (Å²) in [4.78, 5) is 8.84. The van der Waals surface area contributed by atoms with Gasteiger partial charge in [0.15, 0.2) is 0 Å². The molecule has 0 atom stereocenters. The van der Waals surface area contributed by atoms with Crippen molar-refractivity contribution in [3.63, 3.8) is 0 Å². The van der Waals surface area contributed by atoms with E-state index in [-0.39, 0.29) is 0 Å². The van der Waals surface area contributed by atoms with Crippen molar-refractivity contribution in [3.8, 4) is 6.07 Å². The van der Waals surface area contributed by atoms with Crippen molar-refractivity contribution in [1.82, 2.24) is 19.6 Å². The zero-order valence-electron chi connectivity index (χ0n) is 11.9. The lowest BCUT2D eigenvalue weighted by molar-refractivity contribution is 0.987. The van der Waals surface area contributed by atoms with Crippen molar-refractivity contribution in [1.29, 1.82) is 5.26 Å². The van der Waals surface area contributed by atoms with Gasteiger partial charge in [0.05, 0.1) is 22.7 Å². The summed E-state index contributed by atoms with van der Waals surface area (Å²) in [6, 6.07) is 15.1. The van der Waals surface area contributed by atoms with Gasteiger partial charge in [0.25, 0.3) is 5.78 Å². The Bertz CT molecular complexity index is 1040. The highest BCUT2D eigenvalue weighted by molar-refractivity contribution is 6.30. The molecule has 0 aliphatic heterocycles. The second-order valence-corrected chi connectivity index (χ2v) is 5.55. The molecule has 0 aliphatic carbocycles. The van der Waals surface area contributed by atoms with Crippen LogP contribution in [0.2, 0.25) is 5.02 Å². The molecule has 4 rings (SSSR count). The lowest BCUT2D eigenvalue weighted by atomic mass is 10.2. The van der Waals surface area contributed by atoms with Crippen LogP contribution in [-0.2, 0) is 6.54 Å². The number of benzene rings is 2. The van der Waals surface area contributed by atoms with E-state index in [1.807, 2.05) is 30.3 Å². The molecular formula is C16H11ClN6. The van der Waals surface area contributed by atoms with Gasteiger partial charge >= 0.3 is 0 Å². The first-order valence-electron chi connectivity index (χ1n) is 6.99. The van der Waals surface area contributed by atoms with Crippen molar-refractivity contribution in [2.24, 2.45) is 0 Å². The Morgan fingerprint density at radius 1 is 1.17 bits per heavy atom. The highest BCUT2D eigenvalue weighted by atomic mass is 35.5. The molecule has 0 saturated heterocycles. The van der Waals surface area contributed by atoms with Gasteiger partial charge in [0, 0.05) is 11.6 Å². The molecule has 0 spiro atoms. The number of nitrogens with one attached hydrogen (secondary N) is 2. The Balaban J connectivity index is 1.61. The van der Waals surface area contributed by atoms with Crippen LogP contribution in [0.25, 0.3) is 16.8 Å². The first-order chi connectivity index (χ1) is 11.2. The predicted molar refractivity (Wildman–Crippen MR) is 88.3 cm³/mol. The minimum atomic E-state index is 0.564. The van der Waals surface area contributed by atoms with Gasteiger partial charge in [-0.2, -0.15) is 10.2 Å². The Morgan fingerprint density at radius 2 is 2.00 bits per heavy atom. The fraction of sp³-hybridized carbons (Fsp3) is 0.0625. The number of halogens is 1. The zero-order chi connectivity index (χ0) is 15.8. The SMILES string of the molecule is N#Cc1ccc2c(c1)nc1nc(NCc3ccc(Cl)cc3)[nH]n12. The van der Waals surface area contributed by atoms with Crippen LogP contribution < -0.4 is 5.32 Å². The molecule has 0 saturated carbocycles. The van der Waals surface area contributed by atoms with Gasteiger partial charge in [-0.3, -0.25) is 5.10 Å². The third-order valence-corrected chi connectivity index (χ3v) is 3.82. The maximum atomic E-state index is 8.94. The van der Waals surface area contributed by atoms with Gasteiger partial charge in [-0.25, -0.2) is 9.50 Å². The average Bonchev–Trinajstić information content (AvgIpc) is 3.10. The maximum absolute atomic E-state index is 8.94. The third kappa shape index (κ3) is 2.47. The van der Waals surface area contributed by atoms with Crippen molar-refractivity contribution >= 4 is 34.4 Å². The topological polar surface area (TPSA) is 81.8 Å². The zero-order valence-corrected chi connectivity index (χ0v) is 12.7. The van der Waals surface area contributed by atoms with Gasteiger partial charge in [-0.15, -0.1) is 0 Å². The molecule has 23 heavy (non-hydrogen) atoms. The summed E-state index contributed by atoms with van der Waals surface area (Å²) in [6.07, 6.45) is 0. The molecular weight excluding hydrogens is 312 g/mol. The molecule has 7 heteroatoms. The Labute approximate surface area is 136 Å². The summed E-state index contributed by atoms with van der Waals surface area (Å²) in [5.41, 5.74) is 3.31. The first-order valence-corrected chi connectivity index (χ1v) is 7.37. The van der Waals surface area contributed by atoms with E-state index in [2.05, 4.69) is 26.5 Å². The van der Waals surface area contributed by atoms with Crippen molar-refractivity contribution in [2.45, 2.75) is 6.54 Å². The van der Waals surface area contributed by atoms with E-state index in [9.17, 15) is 0 Å². The standard InChI is InChI=1S/C16H11ClN6/c17-12-4-1-10(2-5-12)9-19-15-21-16-20-13-7-11(8-18)3-6-14(13)23(16)22-15/h1-7H,9H2,(H2,19,20,21,22). The average molecular weight is 323 g/mol. The van der Waals surface area contributed by atoms with Crippen LogP contribution in [0.3, 0.4) is 0 Å². The number of aromatic nitrogens is 4. The molecule has 6 nitrogen and oxygen atoms in total. The van der Waals surface area contributed by atoms with Gasteiger partial charge in [0.1, 0.15) is 0 Å². The highest BCUT2D eigenvalue weighted by Gasteiger charge is 2.10. The van der Waals surface area contributed by atoms with E-state index in [0.29, 0.717) is 28.9 Å². The van der Waals surface area contributed by atoms with Crippen LogP contribution in [0.1, 0.15) is 11.1 Å². The number of imidazole rings is 1. The lowest BCUT2D eigenvalue weighted by Crippen LogP contribution is -2.01. The second-order valence-electron chi connectivity index (χ2n) is 5.11. The van der Waals surface area contributed by atoms with Crippen molar-refractivity contribution < 1.29 is 0 Å². The number of fused-ring (bicyclic) bond motifs is 3. The normalized spacial score (nSPS) is 11.0. The van der Waals surface area contributed by atoms with Crippen LogP contribution >= 0.6 is 11.6 Å². The minimum absolute atomic E-state index is 0.564. The number of hydrogen-bond donors (Lipinski definition) is 2. The molecule has 2 aromatic heterocycles. The Hall–Kier alpha value is -3.04. The number of nitrogens with zero attached hydrogens (tertiary/aromatic N) is 4. The van der Waals surface area contributed by atoms with E-state index in [4.69, 9.17) is 16.9 Å². The number of H-pyrrole nitrogens is 1. The van der Waals surface area contributed by atoms with Crippen LogP contribution in [0.4, 0.5) is 5.95 Å². The molecule has 0 fully saturated rings. The summed E-state index contributed by atoms with van der Waals surface area (Å²) in [6.45, 7) is 0.629. The molecule has 2 N–H and O–H groups in total. The van der Waals surface area contributed by atoms with Crippen LogP contribution in [0.5, 0.6) is 0 Å². The van der Waals surface area contributed by atoms with Gasteiger partial charge in [-0.05, 0) is 35.9 Å². The highest BCUT2D eigenvalue weighted by Crippen LogP contribution is 2.18. The number of anilines is 1. The number of nitriles is 1. The first kappa shape index (κ1) is 13.6. The van der Waals surface area contributed by atoms with Crippen LogP contribution in [0, 0.1) is 11.3 Å². The molecule has 0 bridgehead atoms. The number of aromatic amines is 1. The van der Waals surface area contributed by atoms with E-state index in [0.717, 1.165) is 16.6 Å². The molecule has 112 valence electrons. The van der Waals surface area contributed by atoms with Crippen molar-refractivity contribution in [3.05, 3.63) is 58.6 Å². The molecule has 2 heterocycles. The van der Waals surface area contributed by atoms with E-state index < -0.39 is 0 Å². The monoisotopic (exact) mass is 322 g/mol. The van der Waals surface area contributed by atoms with E-state index in [1.165, 1.54) is 0 Å². The fourth-order valence-electron chi connectivity index (χ4n) is 2.42. The molecule has 0 amide bonds. The summed E-state index contributed by atoms with van der Waals surface area (Å²) in [5.74, 6) is 1.20. The summed E-state index contributed by atoms with van der Waals surface area (Å²) in [5, 5.41) is 16.0. The smallest absolute Gasteiger partial charge is 0.253 e. The molecule has 2 aromatic carbocycles. The fourth-order valence-corrected chi connectivity index (χ4v) is 2.55. The Morgan fingerprint density at radius 3 is 2.78 bits per heavy atom. The largest absolute Gasteiger partial charge is 0.351 e. The van der Waals surface area contributed by atoms with Gasteiger partial charge < -0.3 is 5.32 Å². The predicted octanol–water partition coefficient (Wildman–Crippen LogP) is 3.35. The number of hydrogen-bond acceptors (Lipinski definition) is 4. The Kier molecular flexibility index (Phi) is 3.14. The lowest BCUT2D eigenvalue weighted by Gasteiger charge is -2.02.